The standard InChI is InChI=1S/C26H37NO3.ClH/c1-4-30-24-12-10-23(11-13-24)26(28,15-14-21(2)3)25(22-8-6-5-7-9-22)20-27-16-18-29-19-17-27;/h5-13,21,25,28H,4,14-20H2,1-3H3;1H. The smallest absolute Gasteiger partial charge is 0.119 e. The van der Waals surface area contributed by atoms with Crippen molar-refractivity contribution in [2.24, 2.45) is 5.92 Å². The Labute approximate surface area is 194 Å². The highest BCUT2D eigenvalue weighted by Gasteiger charge is 2.40. The van der Waals surface area contributed by atoms with Crippen molar-refractivity contribution >= 4 is 12.4 Å². The zero-order valence-corrected chi connectivity index (χ0v) is 19.9. The summed E-state index contributed by atoms with van der Waals surface area (Å²) in [5.41, 5.74) is 1.20. The van der Waals surface area contributed by atoms with Crippen LogP contribution in [0.5, 0.6) is 5.75 Å². The summed E-state index contributed by atoms with van der Waals surface area (Å²) in [6.07, 6.45) is 1.69. The molecule has 4 nitrogen and oxygen atoms in total. The van der Waals surface area contributed by atoms with Crippen LogP contribution in [0.3, 0.4) is 0 Å². The fraction of sp³-hybridized carbons (Fsp3) is 0.538. The first-order valence-corrected chi connectivity index (χ1v) is 11.3. The van der Waals surface area contributed by atoms with Gasteiger partial charge in [-0.25, -0.2) is 0 Å². The van der Waals surface area contributed by atoms with Gasteiger partial charge in [-0.2, -0.15) is 0 Å². The second-order valence-corrected chi connectivity index (χ2v) is 8.69. The second kappa shape index (κ2) is 12.4. The fourth-order valence-corrected chi connectivity index (χ4v) is 4.29. The highest BCUT2D eigenvalue weighted by molar-refractivity contribution is 5.85. The van der Waals surface area contributed by atoms with Gasteiger partial charge in [0.15, 0.2) is 0 Å². The van der Waals surface area contributed by atoms with E-state index in [2.05, 4.69) is 43.0 Å². The molecule has 1 aliphatic rings. The maximum Gasteiger partial charge on any atom is 0.119 e. The van der Waals surface area contributed by atoms with Gasteiger partial charge in [-0.05, 0) is 48.9 Å². The van der Waals surface area contributed by atoms with E-state index in [4.69, 9.17) is 9.47 Å². The van der Waals surface area contributed by atoms with Crippen molar-refractivity contribution in [1.82, 2.24) is 4.90 Å². The zero-order chi connectivity index (χ0) is 21.4. The molecule has 1 fully saturated rings. The molecule has 2 aromatic carbocycles. The van der Waals surface area contributed by atoms with Gasteiger partial charge in [-0.1, -0.05) is 56.3 Å². The van der Waals surface area contributed by atoms with Gasteiger partial charge in [0.1, 0.15) is 5.75 Å². The number of rotatable bonds is 10. The lowest BCUT2D eigenvalue weighted by Gasteiger charge is -2.41. The van der Waals surface area contributed by atoms with Gasteiger partial charge < -0.3 is 14.6 Å². The maximum absolute atomic E-state index is 12.3. The minimum atomic E-state index is -0.950. The largest absolute Gasteiger partial charge is 0.494 e. The number of hydrogen-bond donors (Lipinski definition) is 1. The lowest BCUT2D eigenvalue weighted by molar-refractivity contribution is -0.0311. The molecular weight excluding hydrogens is 410 g/mol. The molecule has 3 rings (SSSR count). The van der Waals surface area contributed by atoms with Crippen LogP contribution in [0, 0.1) is 5.92 Å². The monoisotopic (exact) mass is 447 g/mol. The number of aliphatic hydroxyl groups is 1. The Hall–Kier alpha value is -1.59. The maximum atomic E-state index is 12.3. The number of hydrogen-bond acceptors (Lipinski definition) is 4. The van der Waals surface area contributed by atoms with E-state index in [1.165, 1.54) is 5.56 Å². The molecule has 31 heavy (non-hydrogen) atoms. The molecule has 1 heterocycles. The molecular formula is C26H38ClNO3. The van der Waals surface area contributed by atoms with E-state index in [0.29, 0.717) is 12.5 Å². The first kappa shape index (κ1) is 25.7. The molecule has 0 radical (unpaired) electrons. The average molecular weight is 448 g/mol. The summed E-state index contributed by atoms with van der Waals surface area (Å²) >= 11 is 0. The Kier molecular flexibility index (Phi) is 10.3. The van der Waals surface area contributed by atoms with Gasteiger partial charge in [-0.15, -0.1) is 12.4 Å². The summed E-state index contributed by atoms with van der Waals surface area (Å²) in [5, 5.41) is 12.3. The highest BCUT2D eigenvalue weighted by atomic mass is 35.5. The van der Waals surface area contributed by atoms with Crippen LogP contribution in [0.25, 0.3) is 0 Å². The number of ether oxygens (including phenoxy) is 2. The summed E-state index contributed by atoms with van der Waals surface area (Å²) in [6.45, 7) is 11.2. The summed E-state index contributed by atoms with van der Waals surface area (Å²) < 4.78 is 11.2. The molecule has 1 N–H and O–H groups in total. The molecule has 0 aromatic heterocycles. The molecule has 5 heteroatoms. The summed E-state index contributed by atoms with van der Waals surface area (Å²) in [6, 6.07) is 18.5. The van der Waals surface area contributed by atoms with Crippen LogP contribution in [0.4, 0.5) is 0 Å². The molecule has 172 valence electrons. The summed E-state index contributed by atoms with van der Waals surface area (Å²) in [5.74, 6) is 1.35. The number of benzene rings is 2. The third-order valence-electron chi connectivity index (χ3n) is 6.09. The van der Waals surface area contributed by atoms with Crippen molar-refractivity contribution < 1.29 is 14.6 Å². The van der Waals surface area contributed by atoms with E-state index < -0.39 is 5.60 Å². The van der Waals surface area contributed by atoms with Crippen molar-refractivity contribution in [2.45, 2.75) is 45.1 Å². The van der Waals surface area contributed by atoms with Gasteiger partial charge in [0, 0.05) is 25.6 Å². The van der Waals surface area contributed by atoms with E-state index in [9.17, 15) is 5.11 Å². The topological polar surface area (TPSA) is 41.9 Å². The number of morpholine rings is 1. The van der Waals surface area contributed by atoms with Crippen LogP contribution in [-0.2, 0) is 10.3 Å². The normalized spacial score (nSPS) is 17.6. The third kappa shape index (κ3) is 6.95. The number of halogens is 1. The SMILES string of the molecule is CCOc1ccc(C(O)(CCC(C)C)C(CN2CCOCC2)c2ccccc2)cc1.Cl. The highest BCUT2D eigenvalue weighted by Crippen LogP contribution is 2.42. The van der Waals surface area contributed by atoms with Crippen molar-refractivity contribution in [2.75, 3.05) is 39.5 Å². The molecule has 0 spiro atoms. The van der Waals surface area contributed by atoms with E-state index in [0.717, 1.165) is 57.0 Å². The molecule has 0 amide bonds. The van der Waals surface area contributed by atoms with E-state index >= 15 is 0 Å². The molecule has 1 saturated heterocycles. The fourth-order valence-electron chi connectivity index (χ4n) is 4.29. The first-order chi connectivity index (χ1) is 14.5. The Bertz CT molecular complexity index is 747. The van der Waals surface area contributed by atoms with Crippen molar-refractivity contribution in [3.8, 4) is 5.75 Å². The Balaban J connectivity index is 0.00000341. The molecule has 2 unspecified atom stereocenters. The zero-order valence-electron chi connectivity index (χ0n) is 19.1. The Morgan fingerprint density at radius 3 is 2.26 bits per heavy atom. The van der Waals surface area contributed by atoms with Crippen molar-refractivity contribution in [3.63, 3.8) is 0 Å². The van der Waals surface area contributed by atoms with Gasteiger partial charge in [0.05, 0.1) is 25.4 Å². The molecule has 0 bridgehead atoms. The Morgan fingerprint density at radius 2 is 1.68 bits per heavy atom. The predicted molar refractivity (Wildman–Crippen MR) is 129 cm³/mol. The second-order valence-electron chi connectivity index (χ2n) is 8.69. The van der Waals surface area contributed by atoms with E-state index in [-0.39, 0.29) is 18.3 Å². The van der Waals surface area contributed by atoms with Crippen molar-refractivity contribution in [3.05, 3.63) is 65.7 Å². The van der Waals surface area contributed by atoms with E-state index in [1.807, 2.05) is 37.3 Å². The first-order valence-electron chi connectivity index (χ1n) is 11.3. The molecule has 0 aliphatic carbocycles. The van der Waals surface area contributed by atoms with Crippen LogP contribution in [0.15, 0.2) is 54.6 Å². The number of nitrogens with zero attached hydrogens (tertiary/aromatic N) is 1. The predicted octanol–water partition coefficient (Wildman–Crippen LogP) is 5.25. The van der Waals surface area contributed by atoms with E-state index in [1.54, 1.807) is 0 Å². The third-order valence-corrected chi connectivity index (χ3v) is 6.09. The molecule has 2 aromatic rings. The summed E-state index contributed by atoms with van der Waals surface area (Å²) in [7, 11) is 0. The quantitative estimate of drug-likeness (QED) is 0.540. The van der Waals surface area contributed by atoms with Crippen molar-refractivity contribution in [1.29, 1.82) is 0 Å². The minimum Gasteiger partial charge on any atom is -0.494 e. The van der Waals surface area contributed by atoms with Crippen LogP contribution < -0.4 is 4.74 Å². The molecule has 0 saturated carbocycles. The van der Waals surface area contributed by atoms with Gasteiger partial charge in [-0.3, -0.25) is 4.90 Å². The minimum absolute atomic E-state index is 0. The lowest BCUT2D eigenvalue weighted by Crippen LogP contribution is -2.45. The van der Waals surface area contributed by atoms with Crippen LogP contribution >= 0.6 is 12.4 Å². The Morgan fingerprint density at radius 1 is 1.03 bits per heavy atom. The van der Waals surface area contributed by atoms with Gasteiger partial charge in [0.25, 0.3) is 0 Å². The van der Waals surface area contributed by atoms with Crippen LogP contribution in [0.1, 0.15) is 50.7 Å². The molecule has 2 atom stereocenters. The summed E-state index contributed by atoms with van der Waals surface area (Å²) in [4.78, 5) is 2.43. The average Bonchev–Trinajstić information content (AvgIpc) is 2.78. The van der Waals surface area contributed by atoms with Crippen LogP contribution in [-0.4, -0.2) is 49.5 Å². The molecule has 1 aliphatic heterocycles. The van der Waals surface area contributed by atoms with Gasteiger partial charge >= 0.3 is 0 Å². The van der Waals surface area contributed by atoms with Crippen LogP contribution in [0.2, 0.25) is 0 Å². The van der Waals surface area contributed by atoms with Gasteiger partial charge in [0.2, 0.25) is 0 Å². The lowest BCUT2D eigenvalue weighted by atomic mass is 9.73.